The zero-order chi connectivity index (χ0) is 13.6. The molecule has 0 bridgehead atoms. The molecule has 5 heteroatoms. The van der Waals surface area contributed by atoms with Gasteiger partial charge in [0.1, 0.15) is 5.82 Å². The number of aliphatic hydroxyl groups is 1. The Balaban J connectivity index is 2.69. The van der Waals surface area contributed by atoms with Crippen LogP contribution in [0.15, 0.2) is 18.2 Å². The Morgan fingerprint density at radius 2 is 2.22 bits per heavy atom. The second-order valence-corrected chi connectivity index (χ2v) is 4.94. The van der Waals surface area contributed by atoms with Gasteiger partial charge < -0.3 is 15.2 Å². The van der Waals surface area contributed by atoms with Crippen molar-refractivity contribution in [3.05, 3.63) is 34.6 Å². The van der Waals surface area contributed by atoms with Crippen molar-refractivity contribution >= 4 is 11.6 Å². The highest BCUT2D eigenvalue weighted by atomic mass is 35.5. The molecule has 1 aromatic carbocycles. The minimum atomic E-state index is -0.407. The van der Waals surface area contributed by atoms with Crippen LogP contribution in [-0.2, 0) is 11.3 Å². The molecular weight excluding hydrogens is 257 g/mol. The average Bonchev–Trinajstić information content (AvgIpc) is 2.32. The number of methoxy groups -OCH3 is 1. The number of rotatable bonds is 7. The van der Waals surface area contributed by atoms with Crippen molar-refractivity contribution in [2.45, 2.75) is 25.4 Å². The molecule has 18 heavy (non-hydrogen) atoms. The normalized spacial score (nSPS) is 14.5. The smallest absolute Gasteiger partial charge is 0.146 e. The van der Waals surface area contributed by atoms with Crippen LogP contribution in [0, 0.1) is 5.82 Å². The quantitative estimate of drug-likeness (QED) is 0.803. The first-order chi connectivity index (χ1) is 8.52. The van der Waals surface area contributed by atoms with Crippen LogP contribution in [0.2, 0.25) is 5.02 Å². The number of benzene rings is 1. The molecule has 1 rings (SSSR count). The third-order valence-corrected chi connectivity index (χ3v) is 3.16. The summed E-state index contributed by atoms with van der Waals surface area (Å²) in [5, 5.41) is 12.3. The van der Waals surface area contributed by atoms with Gasteiger partial charge in [-0.15, -0.1) is 0 Å². The molecule has 0 heterocycles. The second kappa shape index (κ2) is 7.04. The van der Waals surface area contributed by atoms with Gasteiger partial charge in [-0.1, -0.05) is 23.7 Å². The molecule has 0 amide bonds. The fourth-order valence-electron chi connectivity index (χ4n) is 1.77. The molecule has 0 saturated heterocycles. The van der Waals surface area contributed by atoms with E-state index in [0.717, 1.165) is 0 Å². The van der Waals surface area contributed by atoms with Crippen molar-refractivity contribution in [3.8, 4) is 0 Å². The van der Waals surface area contributed by atoms with E-state index in [-0.39, 0.29) is 11.6 Å². The predicted octanol–water partition coefficient (Wildman–Crippen LogP) is 2.36. The highest BCUT2D eigenvalue weighted by molar-refractivity contribution is 6.30. The SMILES string of the molecule is COC[C@](C)(CCO)NCc1cccc(Cl)c1F. The fourth-order valence-corrected chi connectivity index (χ4v) is 1.96. The lowest BCUT2D eigenvalue weighted by Gasteiger charge is -2.29. The Bertz CT molecular complexity index is 381. The van der Waals surface area contributed by atoms with Crippen LogP contribution < -0.4 is 5.32 Å². The van der Waals surface area contributed by atoms with Crippen LogP contribution >= 0.6 is 11.6 Å². The van der Waals surface area contributed by atoms with Crippen LogP contribution in [0.4, 0.5) is 4.39 Å². The summed E-state index contributed by atoms with van der Waals surface area (Å²) >= 11 is 5.72. The van der Waals surface area contributed by atoms with E-state index in [1.807, 2.05) is 6.92 Å². The third kappa shape index (κ3) is 4.21. The second-order valence-electron chi connectivity index (χ2n) is 4.53. The lowest BCUT2D eigenvalue weighted by atomic mass is 9.99. The van der Waals surface area contributed by atoms with E-state index in [1.54, 1.807) is 19.2 Å². The molecule has 102 valence electrons. The van der Waals surface area contributed by atoms with E-state index < -0.39 is 11.4 Å². The van der Waals surface area contributed by atoms with Gasteiger partial charge in [-0.3, -0.25) is 0 Å². The van der Waals surface area contributed by atoms with E-state index in [2.05, 4.69) is 5.32 Å². The number of aliphatic hydroxyl groups excluding tert-OH is 1. The van der Waals surface area contributed by atoms with Gasteiger partial charge in [0, 0.05) is 31.4 Å². The standard InChI is InChI=1S/C13H19ClFNO2/c1-13(6-7-17,9-18-2)16-8-10-4-3-5-11(14)12(10)15/h3-5,16-17H,6-9H2,1-2H3/t13-/m0/s1. The van der Waals surface area contributed by atoms with E-state index >= 15 is 0 Å². The average molecular weight is 276 g/mol. The lowest BCUT2D eigenvalue weighted by molar-refractivity contribution is 0.0967. The minimum Gasteiger partial charge on any atom is -0.396 e. The Morgan fingerprint density at radius 1 is 1.50 bits per heavy atom. The maximum Gasteiger partial charge on any atom is 0.146 e. The van der Waals surface area contributed by atoms with Gasteiger partial charge in [-0.05, 0) is 19.4 Å². The molecule has 0 aliphatic rings. The van der Waals surface area contributed by atoms with Gasteiger partial charge >= 0.3 is 0 Å². The van der Waals surface area contributed by atoms with E-state index in [9.17, 15) is 4.39 Å². The zero-order valence-electron chi connectivity index (χ0n) is 10.7. The van der Waals surface area contributed by atoms with E-state index in [4.69, 9.17) is 21.4 Å². The van der Waals surface area contributed by atoms with Crippen molar-refractivity contribution in [2.75, 3.05) is 20.3 Å². The molecule has 0 radical (unpaired) electrons. The molecule has 0 aliphatic carbocycles. The van der Waals surface area contributed by atoms with Crippen molar-refractivity contribution in [3.63, 3.8) is 0 Å². The molecule has 1 aromatic rings. The van der Waals surface area contributed by atoms with E-state index in [1.165, 1.54) is 6.07 Å². The highest BCUT2D eigenvalue weighted by Gasteiger charge is 2.23. The molecule has 3 nitrogen and oxygen atoms in total. The predicted molar refractivity (Wildman–Crippen MR) is 70.2 cm³/mol. The Morgan fingerprint density at radius 3 is 2.83 bits per heavy atom. The number of hydrogen-bond donors (Lipinski definition) is 2. The van der Waals surface area contributed by atoms with Crippen LogP contribution in [-0.4, -0.2) is 31.0 Å². The van der Waals surface area contributed by atoms with Crippen molar-refractivity contribution in [2.24, 2.45) is 0 Å². The largest absolute Gasteiger partial charge is 0.396 e. The van der Waals surface area contributed by atoms with Crippen LogP contribution in [0.1, 0.15) is 18.9 Å². The molecule has 2 N–H and O–H groups in total. The summed E-state index contributed by atoms with van der Waals surface area (Å²) in [6.45, 7) is 2.75. The highest BCUT2D eigenvalue weighted by Crippen LogP contribution is 2.19. The number of hydrogen-bond acceptors (Lipinski definition) is 3. The Kier molecular flexibility index (Phi) is 6.02. The van der Waals surface area contributed by atoms with Crippen molar-refractivity contribution in [1.82, 2.24) is 5.32 Å². The van der Waals surface area contributed by atoms with Crippen LogP contribution in [0.5, 0.6) is 0 Å². The first-order valence-electron chi connectivity index (χ1n) is 5.80. The maximum absolute atomic E-state index is 13.7. The van der Waals surface area contributed by atoms with Gasteiger partial charge in [0.15, 0.2) is 0 Å². The Labute approximate surface area is 112 Å². The summed E-state index contributed by atoms with van der Waals surface area (Å²) in [5.41, 5.74) is 0.112. The summed E-state index contributed by atoms with van der Waals surface area (Å²) in [6.07, 6.45) is 0.531. The monoisotopic (exact) mass is 275 g/mol. The lowest BCUT2D eigenvalue weighted by Crippen LogP contribution is -2.46. The van der Waals surface area contributed by atoms with Crippen LogP contribution in [0.3, 0.4) is 0 Å². The molecule has 1 atom stereocenters. The summed E-state index contributed by atoms with van der Waals surface area (Å²) in [4.78, 5) is 0. The summed E-state index contributed by atoms with van der Waals surface area (Å²) in [6, 6.07) is 4.91. The Hall–Kier alpha value is -0.680. The molecule has 0 aliphatic heterocycles. The van der Waals surface area contributed by atoms with Gasteiger partial charge in [0.2, 0.25) is 0 Å². The topological polar surface area (TPSA) is 41.5 Å². The third-order valence-electron chi connectivity index (χ3n) is 2.86. The molecular formula is C13H19ClFNO2. The first kappa shape index (κ1) is 15.4. The summed E-state index contributed by atoms with van der Waals surface area (Å²) in [7, 11) is 1.59. The van der Waals surface area contributed by atoms with Gasteiger partial charge in [0.05, 0.1) is 11.6 Å². The summed E-state index contributed by atoms with van der Waals surface area (Å²) in [5.74, 6) is -0.407. The molecule has 0 aromatic heterocycles. The fraction of sp³-hybridized carbons (Fsp3) is 0.538. The first-order valence-corrected chi connectivity index (χ1v) is 6.18. The molecule has 0 spiro atoms. The molecule has 0 unspecified atom stereocenters. The van der Waals surface area contributed by atoms with Crippen molar-refractivity contribution < 1.29 is 14.2 Å². The van der Waals surface area contributed by atoms with Gasteiger partial charge in [-0.2, -0.15) is 0 Å². The zero-order valence-corrected chi connectivity index (χ0v) is 11.4. The molecule has 0 saturated carbocycles. The van der Waals surface area contributed by atoms with Crippen molar-refractivity contribution in [1.29, 1.82) is 0 Å². The van der Waals surface area contributed by atoms with Gasteiger partial charge in [-0.25, -0.2) is 4.39 Å². The number of nitrogens with one attached hydrogen (secondary N) is 1. The minimum absolute atomic E-state index is 0.0465. The van der Waals surface area contributed by atoms with E-state index in [0.29, 0.717) is 25.1 Å². The molecule has 0 fully saturated rings. The summed E-state index contributed by atoms with van der Waals surface area (Å²) < 4.78 is 18.8. The maximum atomic E-state index is 13.7. The van der Waals surface area contributed by atoms with Crippen LogP contribution in [0.25, 0.3) is 0 Å². The number of halogens is 2. The van der Waals surface area contributed by atoms with Gasteiger partial charge in [0.25, 0.3) is 0 Å². The number of ether oxygens (including phenoxy) is 1.